The van der Waals surface area contributed by atoms with E-state index in [2.05, 4.69) is 4.98 Å². The molecule has 0 bridgehead atoms. The van der Waals surface area contributed by atoms with Gasteiger partial charge in [-0.05, 0) is 18.2 Å². The van der Waals surface area contributed by atoms with Gasteiger partial charge in [0, 0.05) is 6.07 Å². The lowest BCUT2D eigenvalue weighted by atomic mass is 10.3. The van der Waals surface area contributed by atoms with Crippen LogP contribution in [0.5, 0.6) is 11.6 Å². The van der Waals surface area contributed by atoms with Crippen molar-refractivity contribution in [2.45, 2.75) is 0 Å². The molecule has 2 rings (SSSR count). The number of hydrogen-bond donors (Lipinski definition) is 0. The summed E-state index contributed by atoms with van der Waals surface area (Å²) in [5.41, 5.74) is 0. The van der Waals surface area contributed by atoms with Gasteiger partial charge in [0.05, 0.1) is 0 Å². The molecule has 0 spiro atoms. The van der Waals surface area contributed by atoms with E-state index in [4.69, 9.17) is 4.74 Å². The number of aromatic nitrogens is 1. The highest BCUT2D eigenvalue weighted by Crippen LogP contribution is 2.22. The molecule has 1 heterocycles. The van der Waals surface area contributed by atoms with Crippen LogP contribution in [-0.4, -0.2) is 4.98 Å². The van der Waals surface area contributed by atoms with Gasteiger partial charge in [-0.1, -0.05) is 18.2 Å². The number of benzene rings is 1. The number of ether oxygens (including phenoxy) is 1. The first-order valence-corrected chi connectivity index (χ1v) is 4.30. The van der Waals surface area contributed by atoms with E-state index in [0.29, 0.717) is 0 Å². The smallest absolute Gasteiger partial charge is 0.222 e. The summed E-state index contributed by atoms with van der Waals surface area (Å²) in [6.07, 6.45) is 0. The van der Waals surface area contributed by atoms with Crippen molar-refractivity contribution in [1.82, 2.24) is 4.98 Å². The summed E-state index contributed by atoms with van der Waals surface area (Å²) in [5, 5.41) is 0. The molecule has 1 aromatic heterocycles. The highest BCUT2D eigenvalue weighted by Gasteiger charge is 2.04. The second-order valence-corrected chi connectivity index (χ2v) is 2.83. The minimum Gasteiger partial charge on any atom is -0.436 e. The Kier molecular flexibility index (Phi) is 2.58. The largest absolute Gasteiger partial charge is 0.436 e. The van der Waals surface area contributed by atoms with Gasteiger partial charge in [-0.2, -0.15) is 9.37 Å². The first kappa shape index (κ1) is 9.58. The minimum atomic E-state index is -0.663. The van der Waals surface area contributed by atoms with Gasteiger partial charge < -0.3 is 4.74 Å². The predicted molar refractivity (Wildman–Crippen MR) is 50.7 cm³/mol. The number of para-hydroxylation sites is 1. The second-order valence-electron chi connectivity index (χ2n) is 2.83. The van der Waals surface area contributed by atoms with Crippen molar-refractivity contribution < 1.29 is 13.5 Å². The summed E-state index contributed by atoms with van der Waals surface area (Å²) >= 11 is 0. The molecule has 4 heteroatoms. The van der Waals surface area contributed by atoms with E-state index < -0.39 is 11.8 Å². The Morgan fingerprint density at radius 3 is 2.47 bits per heavy atom. The predicted octanol–water partition coefficient (Wildman–Crippen LogP) is 3.15. The Bertz CT molecular complexity index is 474. The molecule has 0 saturated heterocycles. The molecule has 1 aromatic carbocycles. The molecule has 2 nitrogen and oxygen atoms in total. The van der Waals surface area contributed by atoms with Crippen LogP contribution in [-0.2, 0) is 0 Å². The fourth-order valence-corrected chi connectivity index (χ4v) is 1.09. The van der Waals surface area contributed by atoms with Gasteiger partial charge in [0.25, 0.3) is 0 Å². The molecular formula is C11H7F2NO. The van der Waals surface area contributed by atoms with Crippen molar-refractivity contribution in [1.29, 1.82) is 0 Å². The zero-order valence-electron chi connectivity index (χ0n) is 7.65. The van der Waals surface area contributed by atoms with Crippen LogP contribution in [0.15, 0.2) is 42.5 Å². The molecule has 0 aliphatic carbocycles. The van der Waals surface area contributed by atoms with Crippen molar-refractivity contribution in [3.05, 3.63) is 54.2 Å². The third-order valence-corrected chi connectivity index (χ3v) is 1.74. The highest BCUT2D eigenvalue weighted by atomic mass is 19.1. The van der Waals surface area contributed by atoms with Crippen molar-refractivity contribution >= 4 is 0 Å². The lowest BCUT2D eigenvalue weighted by molar-refractivity contribution is 0.416. The standard InChI is InChI=1S/C11H7F2NO/c12-8-4-1-2-5-9(8)15-11-7-3-6-10(13)14-11/h1-7H. The topological polar surface area (TPSA) is 22.1 Å². The van der Waals surface area contributed by atoms with Crippen molar-refractivity contribution in [2.75, 3.05) is 0 Å². The third-order valence-electron chi connectivity index (χ3n) is 1.74. The van der Waals surface area contributed by atoms with Crippen molar-refractivity contribution in [2.24, 2.45) is 0 Å². The first-order valence-electron chi connectivity index (χ1n) is 4.30. The number of pyridine rings is 1. The van der Waals surface area contributed by atoms with Gasteiger partial charge in [-0.3, -0.25) is 0 Å². The second kappa shape index (κ2) is 4.04. The maximum atomic E-state index is 13.1. The van der Waals surface area contributed by atoms with Gasteiger partial charge in [-0.15, -0.1) is 0 Å². The molecule has 15 heavy (non-hydrogen) atoms. The van der Waals surface area contributed by atoms with Crippen LogP contribution in [0.1, 0.15) is 0 Å². The van der Waals surface area contributed by atoms with Gasteiger partial charge >= 0.3 is 0 Å². The molecule has 0 unspecified atom stereocenters. The van der Waals surface area contributed by atoms with Gasteiger partial charge in [0.15, 0.2) is 11.6 Å². The number of hydrogen-bond acceptors (Lipinski definition) is 2. The van der Waals surface area contributed by atoms with E-state index in [1.807, 2.05) is 0 Å². The Balaban J connectivity index is 2.26. The molecule has 0 aliphatic heterocycles. The van der Waals surface area contributed by atoms with E-state index in [1.54, 1.807) is 12.1 Å². The zero-order chi connectivity index (χ0) is 10.7. The lowest BCUT2D eigenvalue weighted by Gasteiger charge is -2.04. The summed E-state index contributed by atoms with van der Waals surface area (Å²) in [5.74, 6) is -1.12. The SMILES string of the molecule is Fc1cccc(Oc2ccccc2F)n1. The van der Waals surface area contributed by atoms with E-state index in [0.717, 1.165) is 0 Å². The van der Waals surface area contributed by atoms with Crippen LogP contribution < -0.4 is 4.74 Å². The maximum absolute atomic E-state index is 13.1. The number of nitrogens with zero attached hydrogens (tertiary/aromatic N) is 1. The Hall–Kier alpha value is -1.97. The summed E-state index contributed by atoms with van der Waals surface area (Å²) in [7, 11) is 0. The van der Waals surface area contributed by atoms with Crippen LogP contribution in [0.3, 0.4) is 0 Å². The fraction of sp³-hybridized carbons (Fsp3) is 0. The Morgan fingerprint density at radius 1 is 0.933 bits per heavy atom. The van der Waals surface area contributed by atoms with Crippen LogP contribution in [0.4, 0.5) is 8.78 Å². The molecule has 0 fully saturated rings. The normalized spacial score (nSPS) is 10.0. The Morgan fingerprint density at radius 2 is 1.73 bits per heavy atom. The van der Waals surface area contributed by atoms with Crippen molar-refractivity contribution in [3.8, 4) is 11.6 Å². The van der Waals surface area contributed by atoms with Crippen LogP contribution in [0.2, 0.25) is 0 Å². The van der Waals surface area contributed by atoms with Crippen LogP contribution in [0, 0.1) is 11.8 Å². The molecule has 0 amide bonds. The number of rotatable bonds is 2. The third kappa shape index (κ3) is 2.28. The molecule has 76 valence electrons. The molecule has 2 aromatic rings. The molecular weight excluding hydrogens is 200 g/mol. The monoisotopic (exact) mass is 207 g/mol. The maximum Gasteiger partial charge on any atom is 0.222 e. The zero-order valence-corrected chi connectivity index (χ0v) is 7.65. The van der Waals surface area contributed by atoms with E-state index in [-0.39, 0.29) is 11.6 Å². The average molecular weight is 207 g/mol. The van der Waals surface area contributed by atoms with E-state index in [9.17, 15) is 8.78 Å². The highest BCUT2D eigenvalue weighted by molar-refractivity contribution is 5.28. The first-order chi connectivity index (χ1) is 7.25. The van der Waals surface area contributed by atoms with Gasteiger partial charge in [0.2, 0.25) is 11.8 Å². The summed E-state index contributed by atoms with van der Waals surface area (Å²) < 4.78 is 30.9. The quantitative estimate of drug-likeness (QED) is 0.705. The average Bonchev–Trinajstić information content (AvgIpc) is 2.22. The minimum absolute atomic E-state index is 0.0237. The molecule has 0 radical (unpaired) electrons. The van der Waals surface area contributed by atoms with Crippen LogP contribution >= 0.6 is 0 Å². The van der Waals surface area contributed by atoms with E-state index in [1.165, 1.54) is 30.3 Å². The fourth-order valence-electron chi connectivity index (χ4n) is 1.09. The van der Waals surface area contributed by atoms with Crippen LogP contribution in [0.25, 0.3) is 0 Å². The van der Waals surface area contributed by atoms with E-state index >= 15 is 0 Å². The van der Waals surface area contributed by atoms with Gasteiger partial charge in [-0.25, -0.2) is 4.39 Å². The lowest BCUT2D eigenvalue weighted by Crippen LogP contribution is -1.91. The van der Waals surface area contributed by atoms with Gasteiger partial charge in [0.1, 0.15) is 0 Å². The molecule has 0 saturated carbocycles. The number of halogens is 2. The van der Waals surface area contributed by atoms with Crippen molar-refractivity contribution in [3.63, 3.8) is 0 Å². The summed E-state index contributed by atoms with van der Waals surface area (Å²) in [6.45, 7) is 0. The molecule has 0 aliphatic rings. The molecule has 0 atom stereocenters. The molecule has 0 N–H and O–H groups in total. The Labute approximate surface area is 85.2 Å². The summed E-state index contributed by atoms with van der Waals surface area (Å²) in [6, 6.07) is 9.96. The summed E-state index contributed by atoms with van der Waals surface area (Å²) in [4.78, 5) is 3.45.